The van der Waals surface area contributed by atoms with Gasteiger partial charge in [0.25, 0.3) is 0 Å². The molecular weight excluding hydrogens is 542 g/mol. The summed E-state index contributed by atoms with van der Waals surface area (Å²) in [6.45, 7) is 10.9. The minimum Gasteiger partial charge on any atom is -0.458 e. The number of fused-ring (bicyclic) bond motifs is 1. The van der Waals surface area contributed by atoms with Crippen LogP contribution in [0.25, 0.3) is 11.0 Å². The first-order chi connectivity index (χ1) is 20.4. The number of nitrogens with two attached hydrogens (primary N) is 1. The molecule has 0 saturated heterocycles. The van der Waals surface area contributed by atoms with Crippen LogP contribution in [0.15, 0.2) is 81.7 Å². The van der Waals surface area contributed by atoms with Crippen LogP contribution < -0.4 is 11.1 Å². The zero-order valence-electron chi connectivity index (χ0n) is 25.4. The maximum Gasteiger partial charge on any atom is 0.249 e. The Morgan fingerprint density at radius 1 is 0.977 bits per heavy atom. The summed E-state index contributed by atoms with van der Waals surface area (Å²) in [6, 6.07) is 23.5. The molecule has 3 aromatic carbocycles. The summed E-state index contributed by atoms with van der Waals surface area (Å²) >= 11 is 0. The Morgan fingerprint density at radius 2 is 1.72 bits per heavy atom. The van der Waals surface area contributed by atoms with Crippen molar-refractivity contribution >= 4 is 22.8 Å². The zero-order valence-corrected chi connectivity index (χ0v) is 25.4. The molecule has 3 N–H and O–H groups in total. The number of hydrogen-bond donors (Lipinski definition) is 2. The van der Waals surface area contributed by atoms with E-state index in [1.807, 2.05) is 54.6 Å². The van der Waals surface area contributed by atoms with Crippen molar-refractivity contribution in [1.29, 1.82) is 0 Å². The van der Waals surface area contributed by atoms with Crippen molar-refractivity contribution in [2.75, 3.05) is 0 Å². The van der Waals surface area contributed by atoms with Crippen LogP contribution in [-0.2, 0) is 20.7 Å². The number of ether oxygens (including phenoxy) is 1. The van der Waals surface area contributed by atoms with E-state index in [2.05, 4.69) is 42.5 Å². The minimum absolute atomic E-state index is 0.1000. The summed E-state index contributed by atoms with van der Waals surface area (Å²) < 4.78 is 17.8. The van der Waals surface area contributed by atoms with Crippen molar-refractivity contribution in [2.24, 2.45) is 5.73 Å². The van der Waals surface area contributed by atoms with E-state index in [1.165, 1.54) is 5.56 Å². The molecule has 0 aliphatic rings. The molecule has 43 heavy (non-hydrogen) atoms. The standard InChI is InChI=1S/C35H37N3O5/c1-20-12-14-27(21(2)16-20)32(25-10-8-7-9-11-25)37-30(39)18-24-13-15-28-26(17-24)19-29(41-28)33(42-35(5,6)34(36)40)31-22(3)38-43-23(31)4/h7-17,19,32-33H,18H2,1-6H3,(H2,36,40)(H,37,39). The molecule has 8 heteroatoms. The summed E-state index contributed by atoms with van der Waals surface area (Å²) in [5.41, 5.74) is 11.5. The van der Waals surface area contributed by atoms with Gasteiger partial charge in [0.2, 0.25) is 11.8 Å². The second kappa shape index (κ2) is 11.9. The summed E-state index contributed by atoms with van der Waals surface area (Å²) in [6.07, 6.45) is -0.597. The van der Waals surface area contributed by atoms with Crippen LogP contribution in [0.5, 0.6) is 0 Å². The second-order valence-electron chi connectivity index (χ2n) is 11.6. The lowest BCUT2D eigenvalue weighted by molar-refractivity contribution is -0.145. The molecule has 2 aromatic heterocycles. The second-order valence-corrected chi connectivity index (χ2v) is 11.6. The molecule has 0 spiro atoms. The van der Waals surface area contributed by atoms with Gasteiger partial charge in [-0.3, -0.25) is 9.59 Å². The fourth-order valence-electron chi connectivity index (χ4n) is 5.36. The highest BCUT2D eigenvalue weighted by molar-refractivity contribution is 5.84. The Hall–Kier alpha value is -4.69. The van der Waals surface area contributed by atoms with Crippen LogP contribution in [0.4, 0.5) is 0 Å². The van der Waals surface area contributed by atoms with Crippen molar-refractivity contribution in [1.82, 2.24) is 10.5 Å². The molecule has 2 unspecified atom stereocenters. The largest absolute Gasteiger partial charge is 0.458 e. The van der Waals surface area contributed by atoms with Crippen molar-refractivity contribution in [2.45, 2.75) is 65.7 Å². The first-order valence-corrected chi connectivity index (χ1v) is 14.3. The lowest BCUT2D eigenvalue weighted by atomic mass is 9.93. The van der Waals surface area contributed by atoms with Gasteiger partial charge in [-0.2, -0.15) is 0 Å². The molecule has 0 bridgehead atoms. The Kier molecular flexibility index (Phi) is 8.24. The molecule has 0 radical (unpaired) electrons. The first kappa shape index (κ1) is 29.8. The average molecular weight is 580 g/mol. The highest BCUT2D eigenvalue weighted by atomic mass is 16.5. The first-order valence-electron chi connectivity index (χ1n) is 14.3. The van der Waals surface area contributed by atoms with Gasteiger partial charge in [-0.25, -0.2) is 0 Å². The fraction of sp³-hybridized carbons (Fsp3) is 0.286. The van der Waals surface area contributed by atoms with Gasteiger partial charge < -0.3 is 24.7 Å². The number of primary amides is 1. The summed E-state index contributed by atoms with van der Waals surface area (Å²) in [5, 5.41) is 8.11. The topological polar surface area (TPSA) is 121 Å². The van der Waals surface area contributed by atoms with E-state index in [0.717, 1.165) is 27.6 Å². The molecule has 0 aliphatic heterocycles. The number of carbonyl (C=O) groups is 2. The van der Waals surface area contributed by atoms with E-state index in [4.69, 9.17) is 19.4 Å². The summed E-state index contributed by atoms with van der Waals surface area (Å²) in [4.78, 5) is 25.6. The molecule has 2 atom stereocenters. The smallest absolute Gasteiger partial charge is 0.249 e. The number of aromatic nitrogens is 1. The van der Waals surface area contributed by atoms with Gasteiger partial charge in [-0.1, -0.05) is 65.3 Å². The van der Waals surface area contributed by atoms with Crippen LogP contribution in [0.1, 0.15) is 76.6 Å². The van der Waals surface area contributed by atoms with E-state index in [0.29, 0.717) is 28.4 Å². The van der Waals surface area contributed by atoms with Crippen LogP contribution in [0.3, 0.4) is 0 Å². The van der Waals surface area contributed by atoms with Crippen molar-refractivity contribution in [3.8, 4) is 0 Å². The number of nitrogens with one attached hydrogen (secondary N) is 1. The number of carbonyl (C=O) groups excluding carboxylic acids is 2. The average Bonchev–Trinajstić information content (AvgIpc) is 3.53. The highest BCUT2D eigenvalue weighted by Gasteiger charge is 2.35. The number of hydrogen-bond acceptors (Lipinski definition) is 6. The predicted molar refractivity (Wildman–Crippen MR) is 164 cm³/mol. The van der Waals surface area contributed by atoms with E-state index < -0.39 is 17.6 Å². The van der Waals surface area contributed by atoms with Crippen molar-refractivity contribution < 1.29 is 23.3 Å². The van der Waals surface area contributed by atoms with Crippen molar-refractivity contribution in [3.05, 3.63) is 123 Å². The van der Waals surface area contributed by atoms with Crippen LogP contribution in [0.2, 0.25) is 0 Å². The number of amides is 2. The Labute approximate surface area is 251 Å². The van der Waals surface area contributed by atoms with E-state index in [9.17, 15) is 9.59 Å². The Bertz CT molecular complexity index is 1760. The van der Waals surface area contributed by atoms with Gasteiger partial charge in [-0.15, -0.1) is 0 Å². The zero-order chi connectivity index (χ0) is 30.9. The van der Waals surface area contributed by atoms with Gasteiger partial charge in [0, 0.05) is 5.39 Å². The normalized spacial score (nSPS) is 13.2. The Morgan fingerprint density at radius 3 is 2.37 bits per heavy atom. The maximum absolute atomic E-state index is 13.4. The number of furan rings is 1. The summed E-state index contributed by atoms with van der Waals surface area (Å²) in [7, 11) is 0. The highest BCUT2D eigenvalue weighted by Crippen LogP contribution is 2.37. The fourth-order valence-corrected chi connectivity index (χ4v) is 5.36. The Balaban J connectivity index is 1.42. The molecule has 0 aliphatic carbocycles. The molecule has 0 fully saturated rings. The molecule has 5 rings (SSSR count). The third kappa shape index (κ3) is 6.39. The SMILES string of the molecule is Cc1ccc(C(NC(=O)Cc2ccc3oc(C(OC(C)(C)C(N)=O)c4c(C)noc4C)cc3c2)c2ccccc2)c(C)c1. The monoisotopic (exact) mass is 579 g/mol. The molecule has 2 amide bonds. The molecule has 5 aromatic rings. The molecule has 222 valence electrons. The molecule has 2 heterocycles. The van der Waals surface area contributed by atoms with Gasteiger partial charge in [0.05, 0.1) is 23.7 Å². The summed E-state index contributed by atoms with van der Waals surface area (Å²) in [5.74, 6) is 0.317. The van der Waals surface area contributed by atoms with Crippen molar-refractivity contribution in [3.63, 3.8) is 0 Å². The van der Waals surface area contributed by atoms with Gasteiger partial charge in [0.1, 0.15) is 28.8 Å². The lowest BCUT2D eigenvalue weighted by Crippen LogP contribution is -2.41. The third-order valence-electron chi connectivity index (χ3n) is 7.75. The number of aryl methyl sites for hydroxylation is 4. The van der Waals surface area contributed by atoms with E-state index in [1.54, 1.807) is 27.7 Å². The number of rotatable bonds is 10. The van der Waals surface area contributed by atoms with Crippen LogP contribution in [0, 0.1) is 27.7 Å². The molecular formula is C35H37N3O5. The number of nitrogens with zero attached hydrogens (tertiary/aromatic N) is 1. The third-order valence-corrected chi connectivity index (χ3v) is 7.75. The van der Waals surface area contributed by atoms with E-state index in [-0.39, 0.29) is 18.4 Å². The van der Waals surface area contributed by atoms with E-state index >= 15 is 0 Å². The minimum atomic E-state index is -1.28. The quantitative estimate of drug-likeness (QED) is 0.196. The lowest BCUT2D eigenvalue weighted by Gasteiger charge is -2.27. The molecule has 8 nitrogen and oxygen atoms in total. The maximum atomic E-state index is 13.4. The van der Waals surface area contributed by atoms with Gasteiger partial charge in [0.15, 0.2) is 0 Å². The van der Waals surface area contributed by atoms with Gasteiger partial charge in [-0.05, 0) is 82.0 Å². The molecule has 0 saturated carbocycles. The number of benzene rings is 3. The van der Waals surface area contributed by atoms with Gasteiger partial charge >= 0.3 is 0 Å². The predicted octanol–water partition coefficient (Wildman–Crippen LogP) is 6.47. The van der Waals surface area contributed by atoms with Crippen LogP contribution >= 0.6 is 0 Å². The van der Waals surface area contributed by atoms with Crippen LogP contribution in [-0.4, -0.2) is 22.6 Å².